The van der Waals surface area contributed by atoms with Crippen LogP contribution >= 0.6 is 0 Å². The van der Waals surface area contributed by atoms with Crippen molar-refractivity contribution in [3.8, 4) is 0 Å². The van der Waals surface area contributed by atoms with Gasteiger partial charge in [0, 0.05) is 7.05 Å². The monoisotopic (exact) mass is 183 g/mol. The van der Waals surface area contributed by atoms with E-state index in [2.05, 4.69) is 10.6 Å². The topological polar surface area (TPSA) is 56.1 Å². The smallest absolute Gasteiger partial charge is 0.274 e. The largest absolute Gasteiger partial charge is 0.293 e. The predicted octanol–water partition coefficient (Wildman–Crippen LogP) is 0.410. The van der Waals surface area contributed by atoms with E-state index in [0.29, 0.717) is 12.3 Å². The lowest BCUT2D eigenvalue weighted by molar-refractivity contribution is 0.0356. The van der Waals surface area contributed by atoms with Gasteiger partial charge in [-0.2, -0.15) is 5.10 Å². The Labute approximate surface area is 76.6 Å². The molecule has 1 heterocycles. The van der Waals surface area contributed by atoms with Crippen LogP contribution < -0.4 is 5.48 Å². The third kappa shape index (κ3) is 2.29. The van der Waals surface area contributed by atoms with Crippen molar-refractivity contribution in [1.82, 2.24) is 15.3 Å². The first-order valence-electron chi connectivity index (χ1n) is 4.08. The van der Waals surface area contributed by atoms with Gasteiger partial charge in [0.05, 0.1) is 12.3 Å². The predicted molar refractivity (Wildman–Crippen MR) is 47.0 cm³/mol. The number of carbonyl (C=O) groups excluding carboxylic acids is 1. The number of amides is 1. The van der Waals surface area contributed by atoms with Crippen molar-refractivity contribution in [3.05, 3.63) is 17.5 Å². The third-order valence-corrected chi connectivity index (χ3v) is 1.54. The summed E-state index contributed by atoms with van der Waals surface area (Å²) in [6, 6.07) is 1.70. The number of hydrogen-bond acceptors (Lipinski definition) is 3. The molecule has 0 saturated carbocycles. The van der Waals surface area contributed by atoms with Gasteiger partial charge in [0.15, 0.2) is 0 Å². The fourth-order valence-electron chi connectivity index (χ4n) is 1.01. The molecule has 0 aromatic carbocycles. The van der Waals surface area contributed by atoms with E-state index >= 15 is 0 Å². The molecule has 0 radical (unpaired) electrons. The van der Waals surface area contributed by atoms with E-state index in [9.17, 15) is 4.79 Å². The fourth-order valence-corrected chi connectivity index (χ4v) is 1.01. The molecule has 72 valence electrons. The first-order valence-corrected chi connectivity index (χ1v) is 4.08. The summed E-state index contributed by atoms with van der Waals surface area (Å²) < 4.78 is 1.52. The second-order valence-corrected chi connectivity index (χ2v) is 2.66. The molecule has 0 aliphatic heterocycles. The number of rotatable bonds is 3. The molecular formula is C8H13N3O2. The van der Waals surface area contributed by atoms with E-state index in [4.69, 9.17) is 4.84 Å². The van der Waals surface area contributed by atoms with Crippen LogP contribution in [0, 0.1) is 6.92 Å². The molecule has 1 amide bonds. The highest BCUT2D eigenvalue weighted by atomic mass is 16.6. The number of hydrogen-bond donors (Lipinski definition) is 1. The summed E-state index contributed by atoms with van der Waals surface area (Å²) in [7, 11) is 1.72. The molecule has 13 heavy (non-hydrogen) atoms. The maximum atomic E-state index is 11.3. The SMILES string of the molecule is CCONC(=O)c1cc(C)nn1C. The van der Waals surface area contributed by atoms with Gasteiger partial charge in [0.1, 0.15) is 5.69 Å². The molecule has 0 bridgehead atoms. The highest BCUT2D eigenvalue weighted by molar-refractivity contribution is 5.91. The molecule has 0 spiro atoms. The van der Waals surface area contributed by atoms with Crippen LogP contribution in [0.15, 0.2) is 6.07 Å². The molecule has 0 aliphatic carbocycles. The lowest BCUT2D eigenvalue weighted by Crippen LogP contribution is -2.25. The first-order chi connectivity index (χ1) is 6.15. The zero-order valence-corrected chi connectivity index (χ0v) is 8.00. The number of aryl methyl sites for hydroxylation is 2. The third-order valence-electron chi connectivity index (χ3n) is 1.54. The summed E-state index contributed by atoms with van der Waals surface area (Å²) in [5.74, 6) is -0.273. The summed E-state index contributed by atoms with van der Waals surface area (Å²) in [6.45, 7) is 4.08. The van der Waals surface area contributed by atoms with Crippen molar-refractivity contribution in [2.24, 2.45) is 7.05 Å². The molecular weight excluding hydrogens is 170 g/mol. The molecule has 0 fully saturated rings. The first kappa shape index (κ1) is 9.73. The molecule has 1 aromatic heterocycles. The Bertz CT molecular complexity index is 306. The van der Waals surface area contributed by atoms with E-state index in [1.165, 1.54) is 4.68 Å². The van der Waals surface area contributed by atoms with Crippen molar-refractivity contribution in [1.29, 1.82) is 0 Å². The highest BCUT2D eigenvalue weighted by Gasteiger charge is 2.10. The van der Waals surface area contributed by atoms with Crippen LogP contribution in [0.4, 0.5) is 0 Å². The average Bonchev–Trinajstić information content (AvgIpc) is 2.41. The van der Waals surface area contributed by atoms with Crippen LogP contribution in [-0.2, 0) is 11.9 Å². The summed E-state index contributed by atoms with van der Waals surface area (Å²) >= 11 is 0. The van der Waals surface area contributed by atoms with Crippen molar-refractivity contribution < 1.29 is 9.63 Å². The van der Waals surface area contributed by atoms with Crippen LogP contribution in [-0.4, -0.2) is 22.3 Å². The number of hydroxylamine groups is 1. The quantitative estimate of drug-likeness (QED) is 0.690. The highest BCUT2D eigenvalue weighted by Crippen LogP contribution is 2.00. The Morgan fingerprint density at radius 3 is 2.92 bits per heavy atom. The maximum absolute atomic E-state index is 11.3. The van der Waals surface area contributed by atoms with Crippen LogP contribution in [0.3, 0.4) is 0 Å². The zero-order chi connectivity index (χ0) is 9.84. The molecule has 1 aromatic rings. The Morgan fingerprint density at radius 2 is 2.46 bits per heavy atom. The minimum atomic E-state index is -0.273. The summed E-state index contributed by atoms with van der Waals surface area (Å²) in [5, 5.41) is 4.04. The number of nitrogens with zero attached hydrogens (tertiary/aromatic N) is 2. The van der Waals surface area contributed by atoms with Gasteiger partial charge in [-0.15, -0.1) is 0 Å². The van der Waals surface area contributed by atoms with E-state index in [0.717, 1.165) is 5.69 Å². The Kier molecular flexibility index (Phi) is 3.02. The Hall–Kier alpha value is -1.36. The van der Waals surface area contributed by atoms with Crippen molar-refractivity contribution in [2.75, 3.05) is 6.61 Å². The second kappa shape index (κ2) is 4.04. The summed E-state index contributed by atoms with van der Waals surface area (Å²) in [4.78, 5) is 16.1. The average molecular weight is 183 g/mol. The fraction of sp³-hybridized carbons (Fsp3) is 0.500. The molecule has 1 N–H and O–H groups in total. The Balaban J connectivity index is 2.70. The molecule has 0 aliphatic rings. The van der Waals surface area contributed by atoms with Crippen LogP contribution in [0.25, 0.3) is 0 Å². The van der Waals surface area contributed by atoms with Gasteiger partial charge in [-0.05, 0) is 19.9 Å². The van der Waals surface area contributed by atoms with Crippen molar-refractivity contribution in [2.45, 2.75) is 13.8 Å². The Morgan fingerprint density at radius 1 is 1.77 bits per heavy atom. The number of nitrogens with one attached hydrogen (secondary N) is 1. The van der Waals surface area contributed by atoms with E-state index < -0.39 is 0 Å². The van der Waals surface area contributed by atoms with E-state index in [-0.39, 0.29) is 5.91 Å². The number of aromatic nitrogens is 2. The van der Waals surface area contributed by atoms with Gasteiger partial charge >= 0.3 is 0 Å². The van der Waals surface area contributed by atoms with Gasteiger partial charge in [-0.1, -0.05) is 0 Å². The zero-order valence-electron chi connectivity index (χ0n) is 8.00. The van der Waals surface area contributed by atoms with Crippen LogP contribution in [0.5, 0.6) is 0 Å². The lowest BCUT2D eigenvalue weighted by atomic mass is 10.3. The lowest BCUT2D eigenvalue weighted by Gasteiger charge is -2.02. The van der Waals surface area contributed by atoms with Gasteiger partial charge in [0.25, 0.3) is 5.91 Å². The van der Waals surface area contributed by atoms with Crippen molar-refractivity contribution >= 4 is 5.91 Å². The minimum Gasteiger partial charge on any atom is -0.274 e. The van der Waals surface area contributed by atoms with Gasteiger partial charge < -0.3 is 0 Å². The standard InChI is InChI=1S/C8H13N3O2/c1-4-13-10-8(12)7-5-6(2)9-11(7)3/h5H,4H2,1-3H3,(H,10,12). The van der Waals surface area contributed by atoms with Crippen molar-refractivity contribution in [3.63, 3.8) is 0 Å². The maximum Gasteiger partial charge on any atom is 0.293 e. The minimum absolute atomic E-state index is 0.273. The summed E-state index contributed by atoms with van der Waals surface area (Å²) in [5.41, 5.74) is 3.60. The molecule has 0 unspecified atom stereocenters. The molecule has 0 saturated heterocycles. The molecule has 1 rings (SSSR count). The van der Waals surface area contributed by atoms with Gasteiger partial charge in [-0.3, -0.25) is 14.3 Å². The number of carbonyl (C=O) groups is 1. The normalized spacial score (nSPS) is 10.1. The van der Waals surface area contributed by atoms with E-state index in [1.807, 2.05) is 6.92 Å². The van der Waals surface area contributed by atoms with Gasteiger partial charge in [-0.25, -0.2) is 5.48 Å². The van der Waals surface area contributed by atoms with Crippen LogP contribution in [0.1, 0.15) is 23.1 Å². The molecule has 0 atom stereocenters. The van der Waals surface area contributed by atoms with Crippen LogP contribution in [0.2, 0.25) is 0 Å². The van der Waals surface area contributed by atoms with Gasteiger partial charge in [0.2, 0.25) is 0 Å². The summed E-state index contributed by atoms with van der Waals surface area (Å²) in [6.07, 6.45) is 0. The van der Waals surface area contributed by atoms with E-state index in [1.54, 1.807) is 20.0 Å². The molecule has 5 nitrogen and oxygen atoms in total. The second-order valence-electron chi connectivity index (χ2n) is 2.66. The molecule has 5 heteroatoms.